The summed E-state index contributed by atoms with van der Waals surface area (Å²) < 4.78 is 8.91. The van der Waals surface area contributed by atoms with Crippen LogP contribution < -0.4 is 0 Å². The van der Waals surface area contributed by atoms with Gasteiger partial charge >= 0.3 is 0 Å². The van der Waals surface area contributed by atoms with Crippen molar-refractivity contribution in [2.75, 3.05) is 0 Å². The van der Waals surface area contributed by atoms with Crippen LogP contribution in [-0.4, -0.2) is 15.5 Å². The van der Waals surface area contributed by atoms with Crippen molar-refractivity contribution >= 4 is 12.0 Å². The average Bonchev–Trinajstić information content (AvgIpc) is 1.85. The molecule has 1 aromatic carbocycles. The normalized spacial score (nSPS) is 8.62. The van der Waals surface area contributed by atoms with Crippen LogP contribution in [0.25, 0.3) is 0 Å². The van der Waals surface area contributed by atoms with Crippen molar-refractivity contribution in [3.8, 4) is 0 Å². The molecular formula is C9H16O3S. The second-order valence-corrected chi connectivity index (χ2v) is 3.41. The lowest BCUT2D eigenvalue weighted by molar-refractivity contribution is 0.662. The Bertz CT molecular complexity index is 251. The van der Waals surface area contributed by atoms with Crippen molar-refractivity contribution in [3.63, 3.8) is 0 Å². The fourth-order valence-corrected chi connectivity index (χ4v) is 1.72. The van der Waals surface area contributed by atoms with Crippen LogP contribution in [0, 0.1) is 20.8 Å². The van der Waals surface area contributed by atoms with Crippen molar-refractivity contribution in [2.45, 2.75) is 25.7 Å². The Hall–Kier alpha value is -0.550. The lowest BCUT2D eigenvalue weighted by Crippen LogP contribution is -1.86. The van der Waals surface area contributed by atoms with Crippen LogP contribution in [0.5, 0.6) is 0 Å². The van der Waals surface area contributed by atoms with Crippen LogP contribution >= 0.6 is 12.0 Å². The lowest BCUT2D eigenvalue weighted by Gasteiger charge is -2.06. The van der Waals surface area contributed by atoms with E-state index in [1.807, 2.05) is 13.8 Å². The summed E-state index contributed by atoms with van der Waals surface area (Å²) in [5, 5.41) is 0. The van der Waals surface area contributed by atoms with E-state index in [0.29, 0.717) is 0 Å². The Kier molecular flexibility index (Phi) is 6.89. The Morgan fingerprint density at radius 3 is 1.69 bits per heavy atom. The van der Waals surface area contributed by atoms with E-state index >= 15 is 0 Å². The second-order valence-electron chi connectivity index (χ2n) is 2.82. The summed E-state index contributed by atoms with van der Waals surface area (Å²) >= 11 is 0.831. The molecule has 1 rings (SSSR count). The highest BCUT2D eigenvalue weighted by molar-refractivity contribution is 7.93. The predicted octanol–water partition coefficient (Wildman–Crippen LogP) is 1.53. The zero-order chi connectivity index (χ0) is 8.43. The zero-order valence-corrected chi connectivity index (χ0v) is 8.83. The van der Waals surface area contributed by atoms with Crippen LogP contribution in [-0.2, 0) is 0 Å². The third kappa shape index (κ3) is 3.36. The van der Waals surface area contributed by atoms with E-state index in [0.717, 1.165) is 28.1 Å². The van der Waals surface area contributed by atoms with Gasteiger partial charge in [0.2, 0.25) is 0 Å². The van der Waals surface area contributed by atoms with Crippen LogP contribution in [0.4, 0.5) is 0 Å². The van der Waals surface area contributed by atoms with Crippen LogP contribution in [0.2, 0.25) is 0 Å². The Morgan fingerprint density at radius 2 is 1.38 bits per heavy atom. The van der Waals surface area contributed by atoms with Crippen molar-refractivity contribution in [1.82, 2.24) is 0 Å². The molecule has 0 aromatic heterocycles. The molecule has 0 atom stereocenters. The number of rotatable bonds is 1. The van der Waals surface area contributed by atoms with E-state index in [1.54, 1.807) is 0 Å². The lowest BCUT2D eigenvalue weighted by atomic mass is 10.1. The van der Waals surface area contributed by atoms with Gasteiger partial charge in [0.25, 0.3) is 0 Å². The van der Waals surface area contributed by atoms with Crippen LogP contribution in [0.1, 0.15) is 16.7 Å². The van der Waals surface area contributed by atoms with E-state index in [-0.39, 0.29) is 11.0 Å². The molecule has 0 saturated carbocycles. The SMILES string of the molecule is Cc1cc(C)c(SO)c(C)c1.O.O. The van der Waals surface area contributed by atoms with Gasteiger partial charge in [-0.25, -0.2) is 0 Å². The molecule has 0 unspecified atom stereocenters. The molecule has 3 nitrogen and oxygen atoms in total. The quantitative estimate of drug-likeness (QED) is 0.703. The predicted molar refractivity (Wildman–Crippen MR) is 56.4 cm³/mol. The van der Waals surface area contributed by atoms with Crippen molar-refractivity contribution in [3.05, 3.63) is 28.8 Å². The van der Waals surface area contributed by atoms with Gasteiger partial charge in [-0.15, -0.1) is 0 Å². The van der Waals surface area contributed by atoms with Crippen molar-refractivity contribution in [2.24, 2.45) is 0 Å². The third-order valence-electron chi connectivity index (χ3n) is 1.70. The summed E-state index contributed by atoms with van der Waals surface area (Å²) in [7, 11) is 0. The first-order valence-corrected chi connectivity index (χ1v) is 4.31. The molecule has 5 N–H and O–H groups in total. The first-order chi connectivity index (χ1) is 5.15. The molecule has 13 heavy (non-hydrogen) atoms. The molecule has 0 aliphatic carbocycles. The van der Waals surface area contributed by atoms with Gasteiger partial charge in [-0.1, -0.05) is 17.7 Å². The van der Waals surface area contributed by atoms with Gasteiger partial charge in [-0.2, -0.15) is 0 Å². The fourth-order valence-electron chi connectivity index (χ4n) is 1.31. The molecule has 0 heterocycles. The molecule has 0 radical (unpaired) electrons. The minimum absolute atomic E-state index is 0. The molecule has 0 bridgehead atoms. The maximum Gasteiger partial charge on any atom is 0.0409 e. The molecule has 0 spiro atoms. The van der Waals surface area contributed by atoms with Gasteiger partial charge < -0.3 is 15.5 Å². The van der Waals surface area contributed by atoms with E-state index in [2.05, 4.69) is 19.1 Å². The maximum atomic E-state index is 8.91. The molecule has 0 saturated heterocycles. The first kappa shape index (κ1) is 14.9. The summed E-state index contributed by atoms with van der Waals surface area (Å²) in [4.78, 5) is 0.982. The standard InChI is InChI=1S/C9H12OS.2H2O/c1-6-4-7(2)9(11-10)8(3)5-6;;/h4-5,10H,1-3H3;2*1H2. The first-order valence-electron chi connectivity index (χ1n) is 3.54. The monoisotopic (exact) mass is 204 g/mol. The summed E-state index contributed by atoms with van der Waals surface area (Å²) in [6, 6.07) is 4.15. The highest BCUT2D eigenvalue weighted by Gasteiger charge is 2.01. The van der Waals surface area contributed by atoms with Crippen LogP contribution in [0.15, 0.2) is 17.0 Å². The molecule has 0 aliphatic rings. The summed E-state index contributed by atoms with van der Waals surface area (Å²) in [6.07, 6.45) is 0. The minimum Gasteiger partial charge on any atom is -0.412 e. The Balaban J connectivity index is 0. The van der Waals surface area contributed by atoms with Crippen molar-refractivity contribution in [1.29, 1.82) is 0 Å². The molecule has 0 amide bonds. The molecule has 1 aromatic rings. The van der Waals surface area contributed by atoms with Crippen LogP contribution in [0.3, 0.4) is 0 Å². The smallest absolute Gasteiger partial charge is 0.0409 e. The summed E-state index contributed by atoms with van der Waals surface area (Å²) in [5.74, 6) is 0. The number of benzene rings is 1. The van der Waals surface area contributed by atoms with Crippen molar-refractivity contribution < 1.29 is 15.5 Å². The number of aryl methyl sites for hydroxylation is 3. The minimum atomic E-state index is 0. The van der Waals surface area contributed by atoms with Gasteiger partial charge in [0.05, 0.1) is 0 Å². The Labute approximate surface area is 82.6 Å². The molecular weight excluding hydrogens is 188 g/mol. The van der Waals surface area contributed by atoms with E-state index in [9.17, 15) is 0 Å². The van der Waals surface area contributed by atoms with Gasteiger partial charge in [-0.05, 0) is 31.9 Å². The highest BCUT2D eigenvalue weighted by atomic mass is 32.2. The topological polar surface area (TPSA) is 83.2 Å². The average molecular weight is 204 g/mol. The molecule has 0 fully saturated rings. The molecule has 4 heteroatoms. The summed E-state index contributed by atoms with van der Waals surface area (Å²) in [5.41, 5.74) is 3.54. The maximum absolute atomic E-state index is 8.91. The summed E-state index contributed by atoms with van der Waals surface area (Å²) in [6.45, 7) is 6.09. The second kappa shape index (κ2) is 5.99. The number of hydrogen-bond acceptors (Lipinski definition) is 2. The van der Waals surface area contributed by atoms with Gasteiger partial charge in [-0.3, -0.25) is 0 Å². The van der Waals surface area contributed by atoms with Gasteiger partial charge in [0, 0.05) is 16.9 Å². The third-order valence-corrected chi connectivity index (χ3v) is 2.52. The zero-order valence-electron chi connectivity index (χ0n) is 8.01. The fraction of sp³-hybridized carbons (Fsp3) is 0.333. The van der Waals surface area contributed by atoms with E-state index in [1.165, 1.54) is 5.56 Å². The Morgan fingerprint density at radius 1 is 1.00 bits per heavy atom. The highest BCUT2D eigenvalue weighted by Crippen LogP contribution is 2.24. The van der Waals surface area contributed by atoms with Gasteiger partial charge in [0.15, 0.2) is 0 Å². The molecule has 76 valence electrons. The van der Waals surface area contributed by atoms with Gasteiger partial charge in [0.1, 0.15) is 0 Å². The number of hydrogen-bond donors (Lipinski definition) is 1. The van der Waals surface area contributed by atoms with E-state index < -0.39 is 0 Å². The molecule has 0 aliphatic heterocycles. The largest absolute Gasteiger partial charge is 0.412 e. The van der Waals surface area contributed by atoms with E-state index in [4.69, 9.17) is 4.55 Å².